The zero-order valence-corrected chi connectivity index (χ0v) is 16.5. The maximum absolute atomic E-state index is 10.2. The van der Waals surface area contributed by atoms with E-state index in [2.05, 4.69) is 39.9 Å². The lowest BCUT2D eigenvalue weighted by atomic mass is 9.82. The van der Waals surface area contributed by atoms with Crippen LogP contribution in [0.2, 0.25) is 6.32 Å². The van der Waals surface area contributed by atoms with Crippen molar-refractivity contribution < 1.29 is 19.2 Å². The minimum Gasteiger partial charge on any atom is -0.480 e. The van der Waals surface area contributed by atoms with Gasteiger partial charge in [-0.1, -0.05) is 33.6 Å². The molecule has 0 bridgehead atoms. The average molecular weight is 344 g/mol. The van der Waals surface area contributed by atoms with Crippen LogP contribution in [0.1, 0.15) is 67.7 Å². The van der Waals surface area contributed by atoms with E-state index in [9.17, 15) is 4.79 Å². The van der Waals surface area contributed by atoms with E-state index in [4.69, 9.17) is 20.1 Å². The van der Waals surface area contributed by atoms with Gasteiger partial charge < -0.3 is 25.5 Å². The Balaban J connectivity index is 0.000000420. The highest BCUT2D eigenvalue weighted by atomic mass is 16.7. The van der Waals surface area contributed by atoms with Crippen molar-refractivity contribution >= 4 is 13.1 Å². The molecule has 4 N–H and O–H groups in total. The van der Waals surface area contributed by atoms with Gasteiger partial charge in [0.15, 0.2) is 0 Å². The van der Waals surface area contributed by atoms with Crippen molar-refractivity contribution in [1.82, 2.24) is 5.32 Å². The normalized spacial score (nSPS) is 26.9. The van der Waals surface area contributed by atoms with Crippen LogP contribution in [0.3, 0.4) is 0 Å². The van der Waals surface area contributed by atoms with Gasteiger partial charge in [-0.05, 0) is 40.4 Å². The third-order valence-corrected chi connectivity index (χ3v) is 4.56. The van der Waals surface area contributed by atoms with Gasteiger partial charge in [-0.25, -0.2) is 0 Å². The summed E-state index contributed by atoms with van der Waals surface area (Å²) in [6.07, 6.45) is 3.94. The second-order valence-corrected chi connectivity index (χ2v) is 7.12. The van der Waals surface area contributed by atoms with E-state index in [1.807, 2.05) is 13.8 Å². The second-order valence-electron chi connectivity index (χ2n) is 7.12. The van der Waals surface area contributed by atoms with E-state index in [0.717, 1.165) is 6.32 Å². The molecule has 0 saturated carbocycles. The summed E-state index contributed by atoms with van der Waals surface area (Å²) in [5.41, 5.74) is 5.11. The standard InChI is InChI=1S/C10H21BO2.C5H10N2O2.C2H6/c1-6-7-8-11-12-9(2,3)10(4,5)13-11;6-3-1-4(5(8)9)7-2-3;1-2/h6-8H2,1-5H3;3-4,7H,1-2,6H2,(H,8,9);1-2H3. The molecule has 0 spiro atoms. The monoisotopic (exact) mass is 344 g/mol. The van der Waals surface area contributed by atoms with Crippen LogP contribution >= 0.6 is 0 Å². The molecule has 0 aliphatic carbocycles. The Hall–Kier alpha value is -0.625. The zero-order chi connectivity index (χ0) is 19.0. The summed E-state index contributed by atoms with van der Waals surface area (Å²) in [6, 6.07) is -0.397. The highest BCUT2D eigenvalue weighted by molar-refractivity contribution is 6.45. The van der Waals surface area contributed by atoms with Crippen molar-refractivity contribution in [2.45, 2.75) is 97.3 Å². The first-order chi connectivity index (χ1) is 11.1. The predicted octanol–water partition coefficient (Wildman–Crippen LogP) is 2.67. The first-order valence-electron chi connectivity index (χ1n) is 9.16. The molecule has 24 heavy (non-hydrogen) atoms. The Labute approximate surface area is 148 Å². The fourth-order valence-electron chi connectivity index (χ4n) is 2.40. The summed E-state index contributed by atoms with van der Waals surface area (Å²) in [7, 11) is 0.00458. The lowest BCUT2D eigenvalue weighted by molar-refractivity contribution is -0.139. The van der Waals surface area contributed by atoms with Gasteiger partial charge in [0, 0.05) is 12.6 Å². The van der Waals surface area contributed by atoms with Gasteiger partial charge in [-0.2, -0.15) is 0 Å². The van der Waals surface area contributed by atoms with Crippen LogP contribution in [0.25, 0.3) is 0 Å². The predicted molar refractivity (Wildman–Crippen MR) is 99.2 cm³/mol. The maximum atomic E-state index is 10.2. The molecule has 0 aromatic carbocycles. The van der Waals surface area contributed by atoms with Crippen LogP contribution in [0.5, 0.6) is 0 Å². The fourth-order valence-corrected chi connectivity index (χ4v) is 2.40. The van der Waals surface area contributed by atoms with E-state index < -0.39 is 12.0 Å². The van der Waals surface area contributed by atoms with Gasteiger partial charge in [-0.15, -0.1) is 0 Å². The van der Waals surface area contributed by atoms with Crippen LogP contribution in [0.4, 0.5) is 0 Å². The minimum absolute atomic E-state index is 0.00458. The number of nitrogens with one attached hydrogen (secondary N) is 1. The van der Waals surface area contributed by atoms with Gasteiger partial charge in [0.1, 0.15) is 6.04 Å². The summed E-state index contributed by atoms with van der Waals surface area (Å²) >= 11 is 0. The summed E-state index contributed by atoms with van der Waals surface area (Å²) in [5, 5.41) is 11.2. The molecule has 2 unspecified atom stereocenters. The fraction of sp³-hybridized carbons (Fsp3) is 0.941. The number of carbonyl (C=O) groups is 1. The Morgan fingerprint density at radius 3 is 2.04 bits per heavy atom. The Kier molecular flexibility index (Phi) is 10.1. The van der Waals surface area contributed by atoms with Crippen molar-refractivity contribution in [3.63, 3.8) is 0 Å². The third kappa shape index (κ3) is 7.09. The Bertz CT molecular complexity index is 362. The topological polar surface area (TPSA) is 93.8 Å². The van der Waals surface area contributed by atoms with E-state index in [1.54, 1.807) is 0 Å². The van der Waals surface area contributed by atoms with Crippen LogP contribution in [0.15, 0.2) is 0 Å². The van der Waals surface area contributed by atoms with Crippen molar-refractivity contribution in [1.29, 1.82) is 0 Å². The molecule has 0 aromatic heterocycles. The lowest BCUT2D eigenvalue weighted by Gasteiger charge is -2.32. The number of aliphatic carboxylic acids is 1. The SMILES string of the molecule is CC.CCCCB1OC(C)(C)C(C)(C)O1.NC1CNC(C(=O)O)C1. The van der Waals surface area contributed by atoms with Crippen LogP contribution in [0, 0.1) is 0 Å². The summed E-state index contributed by atoms with van der Waals surface area (Å²) in [4.78, 5) is 10.2. The molecule has 0 radical (unpaired) electrons. The number of carboxylic acid groups (broad SMARTS) is 1. The summed E-state index contributed by atoms with van der Waals surface area (Å²) < 4.78 is 11.7. The van der Waals surface area contributed by atoms with Crippen molar-refractivity contribution in [3.8, 4) is 0 Å². The first kappa shape index (κ1) is 23.4. The van der Waals surface area contributed by atoms with Gasteiger partial charge >= 0.3 is 13.1 Å². The van der Waals surface area contributed by atoms with Crippen LogP contribution < -0.4 is 11.1 Å². The third-order valence-electron chi connectivity index (χ3n) is 4.56. The smallest absolute Gasteiger partial charge is 0.457 e. The van der Waals surface area contributed by atoms with Gasteiger partial charge in [0.05, 0.1) is 11.2 Å². The quantitative estimate of drug-likeness (QED) is 0.679. The number of nitrogens with two attached hydrogens (primary N) is 1. The molecule has 2 aliphatic heterocycles. The second kappa shape index (κ2) is 10.4. The minimum atomic E-state index is -0.803. The maximum Gasteiger partial charge on any atom is 0.457 e. The molecule has 2 rings (SSSR count). The molecule has 2 atom stereocenters. The highest BCUT2D eigenvalue weighted by Crippen LogP contribution is 2.37. The number of hydrogen-bond donors (Lipinski definition) is 3. The van der Waals surface area contributed by atoms with Crippen molar-refractivity contribution in [3.05, 3.63) is 0 Å². The molecule has 6 nitrogen and oxygen atoms in total. The average Bonchev–Trinajstić information content (AvgIpc) is 3.01. The van der Waals surface area contributed by atoms with E-state index >= 15 is 0 Å². The summed E-state index contributed by atoms with van der Waals surface area (Å²) in [6.45, 7) is 15.2. The Morgan fingerprint density at radius 2 is 1.75 bits per heavy atom. The highest BCUT2D eigenvalue weighted by Gasteiger charge is 2.50. The molecule has 2 saturated heterocycles. The van der Waals surface area contributed by atoms with E-state index in [0.29, 0.717) is 13.0 Å². The van der Waals surface area contributed by atoms with Gasteiger partial charge in [0.2, 0.25) is 0 Å². The number of hydrogen-bond acceptors (Lipinski definition) is 5. The molecule has 2 aliphatic rings. The molecule has 142 valence electrons. The largest absolute Gasteiger partial charge is 0.480 e. The van der Waals surface area contributed by atoms with Crippen molar-refractivity contribution in [2.75, 3.05) is 6.54 Å². The molecule has 0 amide bonds. The molecular formula is C17H37BN2O4. The van der Waals surface area contributed by atoms with E-state index in [1.165, 1.54) is 12.8 Å². The van der Waals surface area contributed by atoms with Crippen LogP contribution in [-0.4, -0.2) is 48.0 Å². The van der Waals surface area contributed by atoms with E-state index in [-0.39, 0.29) is 24.4 Å². The van der Waals surface area contributed by atoms with Gasteiger partial charge in [0.25, 0.3) is 0 Å². The summed E-state index contributed by atoms with van der Waals surface area (Å²) in [5.74, 6) is -0.803. The zero-order valence-electron chi connectivity index (χ0n) is 16.5. The first-order valence-corrected chi connectivity index (χ1v) is 9.16. The van der Waals surface area contributed by atoms with Gasteiger partial charge in [-0.3, -0.25) is 4.79 Å². The van der Waals surface area contributed by atoms with Crippen LogP contribution in [-0.2, 0) is 14.1 Å². The Morgan fingerprint density at radius 1 is 1.25 bits per heavy atom. The number of rotatable bonds is 4. The molecule has 2 heterocycles. The molecular weight excluding hydrogens is 307 g/mol. The number of unbranched alkanes of at least 4 members (excludes halogenated alkanes) is 1. The number of carboxylic acids is 1. The lowest BCUT2D eigenvalue weighted by Crippen LogP contribution is -2.41. The van der Waals surface area contributed by atoms with Crippen molar-refractivity contribution in [2.24, 2.45) is 5.73 Å². The molecule has 2 fully saturated rings. The molecule has 0 aromatic rings. The molecule has 7 heteroatoms.